The fourth-order valence-electron chi connectivity index (χ4n) is 3.47. The molecule has 0 saturated carbocycles. The van der Waals surface area contributed by atoms with E-state index in [-0.39, 0.29) is 12.1 Å². The number of urea groups is 1. The van der Waals surface area contributed by atoms with E-state index in [4.69, 9.17) is 0 Å². The second kappa shape index (κ2) is 7.92. The van der Waals surface area contributed by atoms with E-state index in [2.05, 4.69) is 38.6 Å². The number of fused-ring (bicyclic) bond motifs is 1. The number of anilines is 1. The molecule has 1 N–H and O–H groups in total. The lowest BCUT2D eigenvalue weighted by Crippen LogP contribution is -2.52. The Morgan fingerprint density at radius 3 is 2.74 bits per heavy atom. The van der Waals surface area contributed by atoms with Crippen LogP contribution in [-0.2, 0) is 0 Å². The van der Waals surface area contributed by atoms with Crippen molar-refractivity contribution in [1.29, 1.82) is 0 Å². The van der Waals surface area contributed by atoms with Crippen molar-refractivity contribution in [3.8, 4) is 0 Å². The van der Waals surface area contributed by atoms with E-state index in [0.717, 1.165) is 30.9 Å². The Morgan fingerprint density at radius 2 is 2.00 bits per heavy atom. The SMILES string of the molecule is CC[C@@H](NC(=O)N1CCN(c2nsc3ccccc23)CC1)c1cccnc1. The van der Waals surface area contributed by atoms with Crippen LogP contribution in [0, 0.1) is 0 Å². The van der Waals surface area contributed by atoms with E-state index >= 15 is 0 Å². The Labute approximate surface area is 163 Å². The second-order valence-electron chi connectivity index (χ2n) is 6.67. The predicted molar refractivity (Wildman–Crippen MR) is 109 cm³/mol. The molecule has 0 aliphatic carbocycles. The molecule has 0 unspecified atom stereocenters. The third-order valence-corrected chi connectivity index (χ3v) is 5.83. The highest BCUT2D eigenvalue weighted by Gasteiger charge is 2.25. The van der Waals surface area contributed by atoms with Gasteiger partial charge in [0.25, 0.3) is 0 Å². The zero-order valence-corrected chi connectivity index (χ0v) is 16.2. The van der Waals surface area contributed by atoms with Gasteiger partial charge in [-0.1, -0.05) is 25.1 Å². The van der Waals surface area contributed by atoms with Crippen LogP contribution >= 0.6 is 11.5 Å². The quantitative estimate of drug-likeness (QED) is 0.749. The first-order valence-electron chi connectivity index (χ1n) is 9.31. The third kappa shape index (κ3) is 3.73. The number of pyridine rings is 1. The molecule has 1 fully saturated rings. The summed E-state index contributed by atoms with van der Waals surface area (Å²) >= 11 is 1.53. The molecule has 3 aromatic rings. The molecule has 0 spiro atoms. The molecule has 0 radical (unpaired) electrons. The molecule has 4 rings (SSSR count). The van der Waals surface area contributed by atoms with Gasteiger partial charge in [0.1, 0.15) is 5.82 Å². The van der Waals surface area contributed by atoms with Gasteiger partial charge < -0.3 is 15.1 Å². The van der Waals surface area contributed by atoms with Crippen molar-refractivity contribution < 1.29 is 4.79 Å². The topological polar surface area (TPSA) is 61.4 Å². The van der Waals surface area contributed by atoms with Gasteiger partial charge >= 0.3 is 6.03 Å². The Kier molecular flexibility index (Phi) is 5.20. The molecule has 140 valence electrons. The number of nitrogens with zero attached hydrogens (tertiary/aromatic N) is 4. The zero-order chi connectivity index (χ0) is 18.6. The van der Waals surface area contributed by atoms with Gasteiger partial charge in [0.05, 0.1) is 10.7 Å². The predicted octanol–water partition coefficient (Wildman–Crippen LogP) is 3.67. The first-order valence-corrected chi connectivity index (χ1v) is 10.1. The van der Waals surface area contributed by atoms with E-state index in [1.165, 1.54) is 21.6 Å². The van der Waals surface area contributed by atoms with Crippen LogP contribution in [0.1, 0.15) is 24.9 Å². The highest BCUT2D eigenvalue weighted by molar-refractivity contribution is 7.13. The maximum atomic E-state index is 12.7. The highest BCUT2D eigenvalue weighted by Crippen LogP contribution is 2.29. The van der Waals surface area contributed by atoms with Crippen LogP contribution in [0.4, 0.5) is 10.6 Å². The number of carbonyl (C=O) groups excluding carboxylic acids is 1. The van der Waals surface area contributed by atoms with Crippen molar-refractivity contribution in [2.24, 2.45) is 0 Å². The maximum absolute atomic E-state index is 12.7. The van der Waals surface area contributed by atoms with Crippen molar-refractivity contribution >= 4 is 33.5 Å². The van der Waals surface area contributed by atoms with Crippen LogP contribution in [0.15, 0.2) is 48.8 Å². The van der Waals surface area contributed by atoms with Crippen LogP contribution in [-0.4, -0.2) is 46.5 Å². The monoisotopic (exact) mass is 381 g/mol. The number of hydrogen-bond acceptors (Lipinski definition) is 5. The van der Waals surface area contributed by atoms with Crippen molar-refractivity contribution in [3.05, 3.63) is 54.4 Å². The van der Waals surface area contributed by atoms with Crippen molar-refractivity contribution in [2.75, 3.05) is 31.1 Å². The molecular formula is C20H23N5OS. The fourth-order valence-corrected chi connectivity index (χ4v) is 4.26. The third-order valence-electron chi connectivity index (χ3n) is 5.02. The van der Waals surface area contributed by atoms with E-state index in [1.54, 1.807) is 6.20 Å². The molecule has 1 aromatic carbocycles. The van der Waals surface area contributed by atoms with Gasteiger partial charge in [0, 0.05) is 44.0 Å². The van der Waals surface area contributed by atoms with Crippen LogP contribution in [0.3, 0.4) is 0 Å². The van der Waals surface area contributed by atoms with Crippen molar-refractivity contribution in [3.63, 3.8) is 0 Å². The Balaban J connectivity index is 1.38. The van der Waals surface area contributed by atoms with Crippen LogP contribution in [0.5, 0.6) is 0 Å². The number of carbonyl (C=O) groups is 1. The first kappa shape index (κ1) is 17.7. The minimum atomic E-state index is -0.00767. The Bertz CT molecular complexity index is 905. The molecule has 6 nitrogen and oxygen atoms in total. The lowest BCUT2D eigenvalue weighted by molar-refractivity contribution is 0.190. The molecule has 2 aromatic heterocycles. The Morgan fingerprint density at radius 1 is 1.19 bits per heavy atom. The van der Waals surface area contributed by atoms with Gasteiger partial charge in [0.15, 0.2) is 0 Å². The highest BCUT2D eigenvalue weighted by atomic mass is 32.1. The van der Waals surface area contributed by atoms with Gasteiger partial charge in [-0.15, -0.1) is 0 Å². The van der Waals surface area contributed by atoms with Crippen LogP contribution in [0.2, 0.25) is 0 Å². The van der Waals surface area contributed by atoms with Gasteiger partial charge in [-0.3, -0.25) is 4.98 Å². The molecule has 27 heavy (non-hydrogen) atoms. The van der Waals surface area contributed by atoms with E-state index in [9.17, 15) is 4.79 Å². The molecule has 1 saturated heterocycles. The van der Waals surface area contributed by atoms with E-state index in [1.807, 2.05) is 35.4 Å². The summed E-state index contributed by atoms with van der Waals surface area (Å²) < 4.78 is 5.84. The molecule has 3 heterocycles. The van der Waals surface area contributed by atoms with E-state index < -0.39 is 0 Å². The summed E-state index contributed by atoms with van der Waals surface area (Å²) in [5.74, 6) is 1.04. The minimum absolute atomic E-state index is 0.00603. The van der Waals surface area contributed by atoms with Gasteiger partial charge in [-0.05, 0) is 41.7 Å². The largest absolute Gasteiger partial charge is 0.352 e. The van der Waals surface area contributed by atoms with Gasteiger partial charge in [-0.2, -0.15) is 4.37 Å². The average Bonchev–Trinajstić information content (AvgIpc) is 3.17. The van der Waals surface area contributed by atoms with Crippen LogP contribution < -0.4 is 10.2 Å². The number of aromatic nitrogens is 2. The second-order valence-corrected chi connectivity index (χ2v) is 7.48. The Hall–Kier alpha value is -2.67. The molecular weight excluding hydrogens is 358 g/mol. The molecule has 2 amide bonds. The molecule has 0 bridgehead atoms. The summed E-state index contributed by atoms with van der Waals surface area (Å²) in [6.07, 6.45) is 4.40. The summed E-state index contributed by atoms with van der Waals surface area (Å²) in [5.41, 5.74) is 1.04. The summed E-state index contributed by atoms with van der Waals surface area (Å²) in [6.45, 7) is 5.06. The zero-order valence-electron chi connectivity index (χ0n) is 15.3. The van der Waals surface area contributed by atoms with Gasteiger partial charge in [0.2, 0.25) is 0 Å². The fraction of sp³-hybridized carbons (Fsp3) is 0.350. The molecule has 1 aliphatic heterocycles. The normalized spacial score (nSPS) is 15.7. The number of nitrogens with one attached hydrogen (secondary N) is 1. The van der Waals surface area contributed by atoms with Gasteiger partial charge in [-0.25, -0.2) is 4.79 Å². The lowest BCUT2D eigenvalue weighted by atomic mass is 10.1. The number of rotatable bonds is 4. The average molecular weight is 382 g/mol. The summed E-state index contributed by atoms with van der Waals surface area (Å²) in [4.78, 5) is 21.0. The molecule has 1 aliphatic rings. The lowest BCUT2D eigenvalue weighted by Gasteiger charge is -2.35. The standard InChI is InChI=1S/C20H23N5OS/c1-2-17(15-6-5-9-21-14-15)22-20(26)25-12-10-24(11-13-25)19-16-7-3-4-8-18(16)27-23-19/h3-9,14,17H,2,10-13H2,1H3,(H,22,26)/t17-/m1/s1. The minimum Gasteiger partial charge on any atom is -0.352 e. The number of benzene rings is 1. The number of amides is 2. The summed E-state index contributed by atoms with van der Waals surface area (Å²) in [5, 5.41) is 4.34. The smallest absolute Gasteiger partial charge is 0.318 e. The molecule has 7 heteroatoms. The first-order chi connectivity index (χ1) is 13.3. The maximum Gasteiger partial charge on any atom is 0.318 e. The van der Waals surface area contributed by atoms with Crippen molar-refractivity contribution in [2.45, 2.75) is 19.4 Å². The summed E-state index contributed by atoms with van der Waals surface area (Å²) in [6, 6.07) is 12.2. The van der Waals surface area contributed by atoms with E-state index in [0.29, 0.717) is 13.1 Å². The molecule has 1 atom stereocenters. The summed E-state index contributed by atoms with van der Waals surface area (Å²) in [7, 11) is 0. The van der Waals surface area contributed by atoms with Crippen molar-refractivity contribution in [1.82, 2.24) is 19.6 Å². The number of piperazine rings is 1. The number of hydrogen-bond donors (Lipinski definition) is 1. The van der Waals surface area contributed by atoms with Crippen LogP contribution in [0.25, 0.3) is 10.1 Å².